The third-order valence-electron chi connectivity index (χ3n) is 4.95. The monoisotopic (exact) mass is 290 g/mol. The number of hydrogen-bond acceptors (Lipinski definition) is 3. The van der Waals surface area contributed by atoms with Crippen LogP contribution in [0.3, 0.4) is 0 Å². The van der Waals surface area contributed by atoms with Gasteiger partial charge in [0.25, 0.3) is 0 Å². The van der Waals surface area contributed by atoms with Crippen LogP contribution in [0.2, 0.25) is 0 Å². The van der Waals surface area contributed by atoms with E-state index in [2.05, 4.69) is 12.1 Å². The Labute approximate surface area is 127 Å². The van der Waals surface area contributed by atoms with E-state index < -0.39 is 0 Å². The molecule has 0 unspecified atom stereocenters. The zero-order chi connectivity index (χ0) is 14.7. The third-order valence-corrected chi connectivity index (χ3v) is 4.95. The molecule has 0 spiro atoms. The predicted octanol–water partition coefficient (Wildman–Crippen LogP) is 4.04. The van der Waals surface area contributed by atoms with Crippen LogP contribution in [0, 0.1) is 0 Å². The number of methoxy groups -OCH3 is 1. The first kappa shape index (κ1) is 14.7. The van der Waals surface area contributed by atoms with Crippen molar-refractivity contribution in [2.75, 3.05) is 7.11 Å². The molecule has 0 aromatic heterocycles. The minimum Gasteiger partial charge on any atom is -0.493 e. The second-order valence-electron chi connectivity index (χ2n) is 6.44. The number of rotatable bonds is 4. The summed E-state index contributed by atoms with van der Waals surface area (Å²) in [4.78, 5) is 0. The van der Waals surface area contributed by atoms with E-state index in [0.29, 0.717) is 12.0 Å². The van der Waals surface area contributed by atoms with E-state index in [1.165, 1.54) is 18.4 Å². The maximum atomic E-state index is 9.66. The summed E-state index contributed by atoms with van der Waals surface area (Å²) in [5.74, 6) is 2.28. The van der Waals surface area contributed by atoms with E-state index in [1.54, 1.807) is 7.11 Å². The van der Waals surface area contributed by atoms with E-state index in [0.717, 1.165) is 50.0 Å². The molecule has 2 fully saturated rings. The van der Waals surface area contributed by atoms with Crippen LogP contribution in [0.5, 0.6) is 11.5 Å². The molecule has 0 bridgehead atoms. The highest BCUT2D eigenvalue weighted by molar-refractivity contribution is 5.44. The van der Waals surface area contributed by atoms with Gasteiger partial charge in [-0.05, 0) is 75.0 Å². The van der Waals surface area contributed by atoms with Crippen LogP contribution in [-0.4, -0.2) is 24.4 Å². The van der Waals surface area contributed by atoms with Crippen molar-refractivity contribution in [2.45, 2.75) is 69.5 Å². The van der Waals surface area contributed by atoms with Crippen molar-refractivity contribution >= 4 is 0 Å². The lowest BCUT2D eigenvalue weighted by molar-refractivity contribution is 0.122. The molecule has 0 heterocycles. The lowest BCUT2D eigenvalue weighted by Crippen LogP contribution is -2.17. The Hall–Kier alpha value is -1.22. The molecule has 2 aliphatic carbocycles. The van der Waals surface area contributed by atoms with E-state index in [9.17, 15) is 5.11 Å². The first-order chi connectivity index (χ1) is 10.3. The Balaban J connectivity index is 1.75. The maximum Gasteiger partial charge on any atom is 0.161 e. The molecule has 3 heteroatoms. The Kier molecular flexibility index (Phi) is 4.69. The second-order valence-corrected chi connectivity index (χ2v) is 6.44. The molecule has 0 saturated heterocycles. The van der Waals surface area contributed by atoms with Gasteiger partial charge in [-0.1, -0.05) is 6.07 Å². The van der Waals surface area contributed by atoms with Gasteiger partial charge in [-0.3, -0.25) is 0 Å². The number of aliphatic hydroxyl groups excluding tert-OH is 1. The van der Waals surface area contributed by atoms with E-state index in [-0.39, 0.29) is 6.10 Å². The summed E-state index contributed by atoms with van der Waals surface area (Å²) >= 11 is 0. The molecule has 0 radical (unpaired) electrons. The molecule has 1 aromatic carbocycles. The SMILES string of the molecule is COc1ccc(C2CCC(O)CC2)cc1OC1CCCC1. The van der Waals surface area contributed by atoms with Gasteiger partial charge in [0.1, 0.15) is 0 Å². The number of benzene rings is 1. The molecule has 0 amide bonds. The van der Waals surface area contributed by atoms with E-state index in [1.807, 2.05) is 6.07 Å². The van der Waals surface area contributed by atoms with Crippen LogP contribution in [0.15, 0.2) is 18.2 Å². The fraction of sp³-hybridized carbons (Fsp3) is 0.667. The van der Waals surface area contributed by atoms with Crippen LogP contribution in [0.4, 0.5) is 0 Å². The van der Waals surface area contributed by atoms with Crippen molar-refractivity contribution in [3.63, 3.8) is 0 Å². The van der Waals surface area contributed by atoms with Crippen LogP contribution in [0.25, 0.3) is 0 Å². The lowest BCUT2D eigenvalue weighted by atomic mass is 9.83. The number of ether oxygens (including phenoxy) is 2. The molecule has 3 rings (SSSR count). The van der Waals surface area contributed by atoms with Gasteiger partial charge in [-0.2, -0.15) is 0 Å². The van der Waals surface area contributed by atoms with Crippen LogP contribution < -0.4 is 9.47 Å². The largest absolute Gasteiger partial charge is 0.493 e. The molecule has 1 aromatic rings. The summed E-state index contributed by atoms with van der Waals surface area (Å²) < 4.78 is 11.6. The second kappa shape index (κ2) is 6.69. The molecule has 2 saturated carbocycles. The van der Waals surface area contributed by atoms with Gasteiger partial charge in [-0.15, -0.1) is 0 Å². The van der Waals surface area contributed by atoms with Crippen molar-refractivity contribution < 1.29 is 14.6 Å². The van der Waals surface area contributed by atoms with E-state index >= 15 is 0 Å². The van der Waals surface area contributed by atoms with Gasteiger partial charge in [0.2, 0.25) is 0 Å². The van der Waals surface area contributed by atoms with Crippen LogP contribution >= 0.6 is 0 Å². The van der Waals surface area contributed by atoms with Gasteiger partial charge >= 0.3 is 0 Å². The molecule has 116 valence electrons. The van der Waals surface area contributed by atoms with Gasteiger partial charge < -0.3 is 14.6 Å². The minimum atomic E-state index is -0.103. The highest BCUT2D eigenvalue weighted by Crippen LogP contribution is 2.38. The smallest absolute Gasteiger partial charge is 0.161 e. The maximum absolute atomic E-state index is 9.66. The van der Waals surface area contributed by atoms with Gasteiger partial charge in [0.05, 0.1) is 19.3 Å². The summed E-state index contributed by atoms with van der Waals surface area (Å²) in [6.07, 6.45) is 9.06. The Morgan fingerprint density at radius 3 is 2.33 bits per heavy atom. The molecule has 21 heavy (non-hydrogen) atoms. The summed E-state index contributed by atoms with van der Waals surface area (Å²) in [6, 6.07) is 6.35. The Morgan fingerprint density at radius 1 is 0.952 bits per heavy atom. The fourth-order valence-electron chi connectivity index (χ4n) is 3.63. The van der Waals surface area contributed by atoms with Gasteiger partial charge in [0, 0.05) is 0 Å². The normalized spacial score (nSPS) is 26.8. The Morgan fingerprint density at radius 2 is 1.67 bits per heavy atom. The first-order valence-electron chi connectivity index (χ1n) is 8.29. The highest BCUT2D eigenvalue weighted by atomic mass is 16.5. The average Bonchev–Trinajstić information content (AvgIpc) is 3.01. The fourth-order valence-corrected chi connectivity index (χ4v) is 3.63. The van der Waals surface area contributed by atoms with Crippen molar-refractivity contribution in [3.05, 3.63) is 23.8 Å². The van der Waals surface area contributed by atoms with Crippen molar-refractivity contribution in [1.29, 1.82) is 0 Å². The summed E-state index contributed by atoms with van der Waals surface area (Å²) in [7, 11) is 1.70. The summed E-state index contributed by atoms with van der Waals surface area (Å²) in [6.45, 7) is 0. The van der Waals surface area contributed by atoms with Gasteiger partial charge in [-0.25, -0.2) is 0 Å². The van der Waals surface area contributed by atoms with Crippen LogP contribution in [0.1, 0.15) is 62.8 Å². The molecule has 0 atom stereocenters. The topological polar surface area (TPSA) is 38.7 Å². The minimum absolute atomic E-state index is 0.103. The molecular weight excluding hydrogens is 264 g/mol. The van der Waals surface area contributed by atoms with E-state index in [4.69, 9.17) is 9.47 Å². The number of aliphatic hydroxyl groups is 1. The zero-order valence-electron chi connectivity index (χ0n) is 12.9. The average molecular weight is 290 g/mol. The van der Waals surface area contributed by atoms with Crippen molar-refractivity contribution in [1.82, 2.24) is 0 Å². The number of hydrogen-bond donors (Lipinski definition) is 1. The molecule has 1 N–H and O–H groups in total. The molecule has 0 aliphatic heterocycles. The quantitative estimate of drug-likeness (QED) is 0.909. The summed E-state index contributed by atoms with van der Waals surface area (Å²) in [5.41, 5.74) is 1.33. The summed E-state index contributed by atoms with van der Waals surface area (Å²) in [5, 5.41) is 9.66. The Bertz CT molecular complexity index is 458. The zero-order valence-corrected chi connectivity index (χ0v) is 12.9. The van der Waals surface area contributed by atoms with Crippen molar-refractivity contribution in [3.8, 4) is 11.5 Å². The lowest BCUT2D eigenvalue weighted by Gasteiger charge is -2.26. The van der Waals surface area contributed by atoms with Crippen molar-refractivity contribution in [2.24, 2.45) is 0 Å². The first-order valence-corrected chi connectivity index (χ1v) is 8.29. The highest BCUT2D eigenvalue weighted by Gasteiger charge is 2.23. The molecule has 3 nitrogen and oxygen atoms in total. The third kappa shape index (κ3) is 3.52. The predicted molar refractivity (Wildman–Crippen MR) is 83.1 cm³/mol. The molecular formula is C18H26O3. The standard InChI is InChI=1S/C18H26O3/c1-20-17-11-8-14(13-6-9-15(19)10-7-13)12-18(17)21-16-4-2-3-5-16/h8,11-13,15-16,19H,2-7,9-10H2,1H3. The van der Waals surface area contributed by atoms with Crippen LogP contribution in [-0.2, 0) is 0 Å². The van der Waals surface area contributed by atoms with Gasteiger partial charge in [0.15, 0.2) is 11.5 Å². The molecule has 2 aliphatic rings.